The first kappa shape index (κ1) is 13.5. The van der Waals surface area contributed by atoms with E-state index >= 15 is 0 Å². The van der Waals surface area contributed by atoms with E-state index in [4.69, 9.17) is 0 Å². The van der Waals surface area contributed by atoms with Gasteiger partial charge in [0.05, 0.1) is 10.7 Å². The number of carbonyl (C=O) groups is 1. The van der Waals surface area contributed by atoms with E-state index in [1.54, 1.807) is 23.1 Å². The van der Waals surface area contributed by atoms with Gasteiger partial charge in [0.15, 0.2) is 5.65 Å². The van der Waals surface area contributed by atoms with E-state index in [2.05, 4.69) is 38.1 Å². The molecular weight excluding hydrogens is 344 g/mol. The maximum Gasteiger partial charge on any atom is 0.259 e. The molecule has 0 bridgehead atoms. The van der Waals surface area contributed by atoms with E-state index in [9.17, 15) is 4.79 Å². The molecule has 6 heteroatoms. The van der Waals surface area contributed by atoms with Crippen molar-refractivity contribution in [2.45, 2.75) is 13.0 Å². The third kappa shape index (κ3) is 2.20. The zero-order chi connectivity index (χ0) is 15.1. The second-order valence-electron chi connectivity index (χ2n) is 5.34. The number of rotatable bonds is 1. The van der Waals surface area contributed by atoms with E-state index in [0.717, 1.165) is 17.4 Å². The van der Waals surface area contributed by atoms with Crippen LogP contribution in [0.3, 0.4) is 0 Å². The molecule has 0 atom stereocenters. The first-order valence-corrected chi connectivity index (χ1v) is 7.86. The molecule has 0 aliphatic carbocycles. The van der Waals surface area contributed by atoms with E-state index in [0.29, 0.717) is 17.8 Å². The topological polar surface area (TPSA) is 50.5 Å². The van der Waals surface area contributed by atoms with E-state index in [1.165, 1.54) is 11.1 Å². The van der Waals surface area contributed by atoms with Gasteiger partial charge in [0.1, 0.15) is 5.56 Å². The molecule has 110 valence electrons. The number of fused-ring (bicyclic) bond motifs is 2. The second kappa shape index (κ2) is 5.21. The van der Waals surface area contributed by atoms with Gasteiger partial charge in [-0.05, 0) is 33.5 Å². The van der Waals surface area contributed by atoms with Crippen LogP contribution in [0.5, 0.6) is 0 Å². The number of hydrogen-bond acceptors (Lipinski definition) is 3. The number of amides is 1. The summed E-state index contributed by atoms with van der Waals surface area (Å²) in [6, 6.07) is 8.27. The molecule has 1 aromatic carbocycles. The minimum Gasteiger partial charge on any atom is -0.334 e. The lowest BCUT2D eigenvalue weighted by molar-refractivity contribution is 0.0736. The summed E-state index contributed by atoms with van der Waals surface area (Å²) in [5.74, 6) is -0.0145. The first-order valence-electron chi connectivity index (χ1n) is 7.07. The van der Waals surface area contributed by atoms with E-state index < -0.39 is 0 Å². The van der Waals surface area contributed by atoms with Crippen molar-refractivity contribution in [3.8, 4) is 0 Å². The van der Waals surface area contributed by atoms with Crippen molar-refractivity contribution in [1.82, 2.24) is 19.5 Å². The fourth-order valence-electron chi connectivity index (χ4n) is 2.84. The van der Waals surface area contributed by atoms with Gasteiger partial charge in [-0.15, -0.1) is 0 Å². The molecule has 0 radical (unpaired) electrons. The van der Waals surface area contributed by atoms with Crippen LogP contribution < -0.4 is 0 Å². The number of hydrogen-bond donors (Lipinski definition) is 0. The zero-order valence-corrected chi connectivity index (χ0v) is 13.3. The highest BCUT2D eigenvalue weighted by atomic mass is 79.9. The Balaban J connectivity index is 1.67. The standard InChI is InChI=1S/C16H13BrN4O/c17-13-7-18-15-14(8-19-21(15)10-13)16(22)20-6-5-11-3-1-2-4-12(11)9-20/h1-4,7-8,10H,5-6,9H2. The molecule has 3 heterocycles. The summed E-state index contributed by atoms with van der Waals surface area (Å²) in [6.45, 7) is 1.37. The zero-order valence-electron chi connectivity index (χ0n) is 11.7. The average molecular weight is 357 g/mol. The molecule has 0 saturated carbocycles. The van der Waals surface area contributed by atoms with Crippen molar-refractivity contribution in [2.75, 3.05) is 6.54 Å². The lowest BCUT2D eigenvalue weighted by Crippen LogP contribution is -2.35. The van der Waals surface area contributed by atoms with Gasteiger partial charge in [0.25, 0.3) is 5.91 Å². The first-order chi connectivity index (χ1) is 10.7. The molecule has 0 spiro atoms. The van der Waals surface area contributed by atoms with Crippen LogP contribution in [0.1, 0.15) is 21.5 Å². The Bertz CT molecular complexity index is 873. The van der Waals surface area contributed by atoms with Crippen molar-refractivity contribution in [3.63, 3.8) is 0 Å². The summed E-state index contributed by atoms with van der Waals surface area (Å²) in [6.07, 6.45) is 5.96. The lowest BCUT2D eigenvalue weighted by atomic mass is 9.99. The predicted octanol–water partition coefficient (Wildman–Crippen LogP) is 2.69. The molecule has 0 fully saturated rings. The average Bonchev–Trinajstić information content (AvgIpc) is 2.96. The van der Waals surface area contributed by atoms with Crippen molar-refractivity contribution >= 4 is 27.5 Å². The van der Waals surface area contributed by atoms with Gasteiger partial charge in [-0.25, -0.2) is 9.50 Å². The van der Waals surface area contributed by atoms with Crippen LogP contribution in [-0.4, -0.2) is 31.9 Å². The molecule has 1 aliphatic rings. The van der Waals surface area contributed by atoms with Gasteiger partial charge in [-0.1, -0.05) is 24.3 Å². The van der Waals surface area contributed by atoms with Gasteiger partial charge >= 0.3 is 0 Å². The van der Waals surface area contributed by atoms with Gasteiger partial charge in [0, 0.05) is 25.5 Å². The monoisotopic (exact) mass is 356 g/mol. The maximum absolute atomic E-state index is 12.8. The highest BCUT2D eigenvalue weighted by molar-refractivity contribution is 9.10. The second-order valence-corrected chi connectivity index (χ2v) is 6.26. The Kier molecular flexibility index (Phi) is 3.18. The Labute approximate surface area is 135 Å². The predicted molar refractivity (Wildman–Crippen MR) is 85.6 cm³/mol. The quantitative estimate of drug-likeness (QED) is 0.673. The number of carbonyl (C=O) groups excluding carboxylic acids is 1. The summed E-state index contributed by atoms with van der Waals surface area (Å²) in [5.41, 5.74) is 3.68. The summed E-state index contributed by atoms with van der Waals surface area (Å²) in [4.78, 5) is 19.0. The van der Waals surface area contributed by atoms with Gasteiger partial charge in [0.2, 0.25) is 0 Å². The number of nitrogens with zero attached hydrogens (tertiary/aromatic N) is 4. The van der Waals surface area contributed by atoms with Crippen LogP contribution in [0.4, 0.5) is 0 Å². The maximum atomic E-state index is 12.8. The van der Waals surface area contributed by atoms with Crippen LogP contribution in [0, 0.1) is 0 Å². The minimum absolute atomic E-state index is 0.0145. The molecule has 1 aliphatic heterocycles. The van der Waals surface area contributed by atoms with Crippen molar-refractivity contribution in [1.29, 1.82) is 0 Å². The van der Waals surface area contributed by atoms with Crippen molar-refractivity contribution < 1.29 is 4.79 Å². The molecule has 2 aromatic heterocycles. The molecule has 1 amide bonds. The highest BCUT2D eigenvalue weighted by Crippen LogP contribution is 2.21. The molecule has 22 heavy (non-hydrogen) atoms. The Hall–Kier alpha value is -2.21. The largest absolute Gasteiger partial charge is 0.334 e. The van der Waals surface area contributed by atoms with Gasteiger partial charge in [-0.2, -0.15) is 5.10 Å². The van der Waals surface area contributed by atoms with E-state index in [-0.39, 0.29) is 5.91 Å². The number of benzene rings is 1. The third-order valence-corrected chi connectivity index (χ3v) is 4.38. The van der Waals surface area contributed by atoms with Crippen LogP contribution in [-0.2, 0) is 13.0 Å². The van der Waals surface area contributed by atoms with Crippen molar-refractivity contribution in [3.05, 3.63) is 64.0 Å². The van der Waals surface area contributed by atoms with Crippen LogP contribution >= 0.6 is 15.9 Å². The lowest BCUT2D eigenvalue weighted by Gasteiger charge is -2.28. The smallest absolute Gasteiger partial charge is 0.259 e. The molecule has 0 N–H and O–H groups in total. The molecule has 0 unspecified atom stereocenters. The summed E-state index contributed by atoms with van der Waals surface area (Å²) >= 11 is 3.35. The fourth-order valence-corrected chi connectivity index (χ4v) is 3.14. The third-order valence-electron chi connectivity index (χ3n) is 3.97. The summed E-state index contributed by atoms with van der Waals surface area (Å²) < 4.78 is 2.45. The normalized spacial score (nSPS) is 14.1. The van der Waals surface area contributed by atoms with Crippen molar-refractivity contribution in [2.24, 2.45) is 0 Å². The Morgan fingerprint density at radius 1 is 1.18 bits per heavy atom. The summed E-state index contributed by atoms with van der Waals surface area (Å²) in [7, 11) is 0. The van der Waals surface area contributed by atoms with Crippen LogP contribution in [0.2, 0.25) is 0 Å². The van der Waals surface area contributed by atoms with Gasteiger partial charge in [-0.3, -0.25) is 4.79 Å². The van der Waals surface area contributed by atoms with Gasteiger partial charge < -0.3 is 4.90 Å². The molecule has 4 rings (SSSR count). The molecular formula is C16H13BrN4O. The van der Waals surface area contributed by atoms with Crippen LogP contribution in [0.25, 0.3) is 5.65 Å². The minimum atomic E-state index is -0.0145. The van der Waals surface area contributed by atoms with E-state index in [1.807, 2.05) is 17.0 Å². The molecule has 3 aromatic rings. The molecule has 0 saturated heterocycles. The number of aromatic nitrogens is 3. The fraction of sp³-hybridized carbons (Fsp3) is 0.188. The Morgan fingerprint density at radius 2 is 2.00 bits per heavy atom. The number of halogens is 1. The molecule has 5 nitrogen and oxygen atoms in total. The highest BCUT2D eigenvalue weighted by Gasteiger charge is 2.24. The SMILES string of the molecule is O=C(c1cnn2cc(Br)cnc12)N1CCc2ccccc2C1. The van der Waals surface area contributed by atoms with Crippen LogP contribution in [0.15, 0.2) is 47.3 Å². The Morgan fingerprint density at radius 3 is 2.86 bits per heavy atom. The summed E-state index contributed by atoms with van der Waals surface area (Å²) in [5, 5.41) is 4.22.